The van der Waals surface area contributed by atoms with Crippen molar-refractivity contribution >= 4 is 22.4 Å². The predicted octanol–water partition coefficient (Wildman–Crippen LogP) is 1.75. The quantitative estimate of drug-likeness (QED) is 0.425. The number of carbonyl (C=O) groups excluding carboxylic acids is 1. The van der Waals surface area contributed by atoms with Gasteiger partial charge in [-0.2, -0.15) is 5.10 Å². The van der Waals surface area contributed by atoms with Crippen molar-refractivity contribution in [3.05, 3.63) is 68.1 Å². The molecule has 1 amide bonds. The minimum Gasteiger partial charge on any atom is -0.493 e. The van der Waals surface area contributed by atoms with E-state index < -0.39 is 4.92 Å². The maximum Gasteiger partial charge on any atom is 0.276 e. The lowest BCUT2D eigenvalue weighted by molar-refractivity contribution is -0.385. The summed E-state index contributed by atoms with van der Waals surface area (Å²) in [5, 5.41) is 21.5. The molecule has 1 heterocycles. The van der Waals surface area contributed by atoms with Crippen molar-refractivity contribution in [2.24, 2.45) is 0 Å². The highest BCUT2D eigenvalue weighted by molar-refractivity contribution is 5.88. The number of methoxy groups -OCH3 is 2. The number of aromatic nitrogens is 2. The summed E-state index contributed by atoms with van der Waals surface area (Å²) in [4.78, 5) is 35.0. The summed E-state index contributed by atoms with van der Waals surface area (Å²) >= 11 is 0. The monoisotopic (exact) mass is 412 g/mol. The van der Waals surface area contributed by atoms with Crippen LogP contribution in [0.3, 0.4) is 0 Å². The van der Waals surface area contributed by atoms with Crippen molar-refractivity contribution in [3.8, 4) is 11.5 Å². The van der Waals surface area contributed by atoms with Crippen molar-refractivity contribution in [1.82, 2.24) is 15.5 Å². The fourth-order valence-corrected chi connectivity index (χ4v) is 3.14. The van der Waals surface area contributed by atoms with Crippen LogP contribution in [0.2, 0.25) is 0 Å². The predicted molar refractivity (Wildman–Crippen MR) is 109 cm³/mol. The maximum absolute atomic E-state index is 12.4. The Balaban J connectivity index is 1.70. The van der Waals surface area contributed by atoms with Gasteiger partial charge in [-0.25, -0.2) is 5.10 Å². The number of benzene rings is 2. The van der Waals surface area contributed by atoms with E-state index in [1.807, 2.05) is 0 Å². The van der Waals surface area contributed by atoms with E-state index in [1.54, 1.807) is 24.3 Å². The molecule has 0 unspecified atom stereocenters. The first-order chi connectivity index (χ1) is 14.4. The van der Waals surface area contributed by atoms with Crippen molar-refractivity contribution in [2.45, 2.75) is 12.8 Å². The zero-order valence-electron chi connectivity index (χ0n) is 16.4. The standard InChI is InChI=1S/C20H20N4O6/c1-29-17-9-12(16(24(27)28)11-18(17)30-2)7-8-21-19(25)10-15-13-5-3-4-6-14(13)20(26)23-22-15/h3-6,9,11H,7-8,10H2,1-2H3,(H,21,25)(H,23,26). The molecule has 1 aromatic heterocycles. The molecule has 2 N–H and O–H groups in total. The van der Waals surface area contributed by atoms with Gasteiger partial charge in [-0.1, -0.05) is 18.2 Å². The van der Waals surface area contributed by atoms with Gasteiger partial charge < -0.3 is 14.8 Å². The smallest absolute Gasteiger partial charge is 0.276 e. The third-order valence-electron chi connectivity index (χ3n) is 4.60. The zero-order chi connectivity index (χ0) is 21.7. The molecule has 0 spiro atoms. The lowest BCUT2D eigenvalue weighted by Crippen LogP contribution is -2.28. The van der Waals surface area contributed by atoms with Gasteiger partial charge in [0.15, 0.2) is 11.5 Å². The van der Waals surface area contributed by atoms with Crippen molar-refractivity contribution in [3.63, 3.8) is 0 Å². The number of ether oxygens (including phenoxy) is 2. The van der Waals surface area contributed by atoms with Crippen LogP contribution >= 0.6 is 0 Å². The summed E-state index contributed by atoms with van der Waals surface area (Å²) in [6.07, 6.45) is 0.188. The van der Waals surface area contributed by atoms with Gasteiger partial charge in [0.1, 0.15) is 0 Å². The number of hydrogen-bond acceptors (Lipinski definition) is 7. The summed E-state index contributed by atoms with van der Waals surface area (Å²) in [6.45, 7) is 0.177. The lowest BCUT2D eigenvalue weighted by atomic mass is 10.1. The summed E-state index contributed by atoms with van der Waals surface area (Å²) in [5.41, 5.74) is 0.413. The molecule has 0 radical (unpaired) electrons. The number of amides is 1. The first-order valence-electron chi connectivity index (χ1n) is 9.07. The van der Waals surface area contributed by atoms with Crippen LogP contribution in [-0.2, 0) is 17.6 Å². The molecule has 0 aliphatic heterocycles. The SMILES string of the molecule is COc1cc(CCNC(=O)Cc2n[nH]c(=O)c3ccccc23)c([N+](=O)[O-])cc1OC. The van der Waals surface area contributed by atoms with Crippen LogP contribution in [0, 0.1) is 10.1 Å². The molecule has 10 nitrogen and oxygen atoms in total. The van der Waals surface area contributed by atoms with E-state index in [4.69, 9.17) is 9.47 Å². The number of nitro groups is 1. The van der Waals surface area contributed by atoms with Crippen molar-refractivity contribution in [2.75, 3.05) is 20.8 Å². The Bertz CT molecular complexity index is 1160. The Hall–Kier alpha value is -3.95. The number of nitrogens with one attached hydrogen (secondary N) is 2. The fourth-order valence-electron chi connectivity index (χ4n) is 3.14. The van der Waals surface area contributed by atoms with Crippen LogP contribution in [-0.4, -0.2) is 41.8 Å². The molecule has 10 heteroatoms. The van der Waals surface area contributed by atoms with Gasteiger partial charge in [0.2, 0.25) is 5.91 Å². The van der Waals surface area contributed by atoms with Crippen LogP contribution in [0.5, 0.6) is 11.5 Å². The van der Waals surface area contributed by atoms with Gasteiger partial charge in [0.25, 0.3) is 11.2 Å². The minimum absolute atomic E-state index is 0.0364. The summed E-state index contributed by atoms with van der Waals surface area (Å²) in [5.74, 6) is 0.309. The largest absolute Gasteiger partial charge is 0.493 e. The molecule has 0 fully saturated rings. The van der Waals surface area contributed by atoms with E-state index in [1.165, 1.54) is 26.4 Å². The Kier molecular flexibility index (Phi) is 6.26. The number of hydrogen-bond donors (Lipinski definition) is 2. The van der Waals surface area contributed by atoms with E-state index in [0.29, 0.717) is 27.8 Å². The second kappa shape index (κ2) is 9.03. The van der Waals surface area contributed by atoms with Gasteiger partial charge in [-0.15, -0.1) is 0 Å². The Morgan fingerprint density at radius 3 is 2.50 bits per heavy atom. The van der Waals surface area contributed by atoms with E-state index >= 15 is 0 Å². The first-order valence-corrected chi connectivity index (χ1v) is 9.07. The maximum atomic E-state index is 12.4. The van der Waals surface area contributed by atoms with Gasteiger partial charge in [-0.3, -0.25) is 19.7 Å². The minimum atomic E-state index is -0.504. The average molecular weight is 412 g/mol. The second-order valence-electron chi connectivity index (χ2n) is 6.41. The number of H-pyrrole nitrogens is 1. The number of carbonyl (C=O) groups is 1. The molecule has 0 aliphatic rings. The molecular formula is C20H20N4O6. The van der Waals surface area contributed by atoms with Crippen LogP contribution in [0.15, 0.2) is 41.2 Å². The lowest BCUT2D eigenvalue weighted by Gasteiger charge is -2.11. The van der Waals surface area contributed by atoms with Crippen LogP contribution < -0.4 is 20.3 Å². The second-order valence-corrected chi connectivity index (χ2v) is 6.41. The van der Waals surface area contributed by atoms with Gasteiger partial charge >= 0.3 is 0 Å². The normalized spacial score (nSPS) is 10.6. The highest BCUT2D eigenvalue weighted by Crippen LogP contribution is 2.34. The molecule has 156 valence electrons. The van der Waals surface area contributed by atoms with Crippen LogP contribution in [0.4, 0.5) is 5.69 Å². The van der Waals surface area contributed by atoms with Gasteiger partial charge in [-0.05, 0) is 18.6 Å². The number of nitro benzene ring substituents is 1. The molecule has 0 bridgehead atoms. The Morgan fingerprint density at radius 1 is 1.17 bits per heavy atom. The van der Waals surface area contributed by atoms with E-state index in [2.05, 4.69) is 15.5 Å². The molecule has 0 aliphatic carbocycles. The number of rotatable bonds is 8. The zero-order valence-corrected chi connectivity index (χ0v) is 16.4. The van der Waals surface area contributed by atoms with Gasteiger partial charge in [0, 0.05) is 17.5 Å². The summed E-state index contributed by atoms with van der Waals surface area (Å²) < 4.78 is 10.3. The fraction of sp³-hybridized carbons (Fsp3) is 0.250. The Labute approximate surface area is 171 Å². The molecule has 0 atom stereocenters. The molecule has 2 aromatic carbocycles. The van der Waals surface area contributed by atoms with Gasteiger partial charge in [0.05, 0.1) is 42.7 Å². The van der Waals surface area contributed by atoms with E-state index in [0.717, 1.165) is 0 Å². The summed E-state index contributed by atoms with van der Waals surface area (Å²) in [7, 11) is 2.84. The van der Waals surface area contributed by atoms with Crippen molar-refractivity contribution < 1.29 is 19.2 Å². The number of fused-ring (bicyclic) bond motifs is 1. The number of aromatic amines is 1. The molecule has 3 aromatic rings. The topological polar surface area (TPSA) is 136 Å². The third-order valence-corrected chi connectivity index (χ3v) is 4.60. The first kappa shape index (κ1) is 20.8. The average Bonchev–Trinajstić information content (AvgIpc) is 2.75. The van der Waals surface area contributed by atoms with E-state index in [9.17, 15) is 19.7 Å². The molecule has 3 rings (SSSR count). The van der Waals surface area contributed by atoms with E-state index in [-0.39, 0.29) is 42.3 Å². The van der Waals surface area contributed by atoms with Crippen LogP contribution in [0.25, 0.3) is 10.8 Å². The van der Waals surface area contributed by atoms with Crippen molar-refractivity contribution in [1.29, 1.82) is 0 Å². The molecule has 0 saturated heterocycles. The van der Waals surface area contributed by atoms with Crippen LogP contribution in [0.1, 0.15) is 11.3 Å². The highest BCUT2D eigenvalue weighted by atomic mass is 16.6. The molecular weight excluding hydrogens is 392 g/mol. The molecule has 30 heavy (non-hydrogen) atoms. The third kappa shape index (κ3) is 4.37. The highest BCUT2D eigenvalue weighted by Gasteiger charge is 2.19. The Morgan fingerprint density at radius 2 is 1.83 bits per heavy atom. The molecule has 0 saturated carbocycles. The summed E-state index contributed by atoms with van der Waals surface area (Å²) in [6, 6.07) is 9.71. The number of nitrogens with zero attached hydrogens (tertiary/aromatic N) is 2.